The fraction of sp³-hybridized carbons (Fsp3) is 0.562. The van der Waals surface area contributed by atoms with Crippen molar-refractivity contribution in [2.45, 2.75) is 52.4 Å². The summed E-state index contributed by atoms with van der Waals surface area (Å²) in [5.41, 5.74) is 4.07. The Hall–Kier alpha value is -1.80. The predicted molar refractivity (Wildman–Crippen MR) is 80.2 cm³/mol. The summed E-state index contributed by atoms with van der Waals surface area (Å²) in [6.07, 6.45) is 0. The fourth-order valence-electron chi connectivity index (χ4n) is 2.95. The van der Waals surface area contributed by atoms with Crippen LogP contribution in [-0.2, 0) is 10.8 Å². The van der Waals surface area contributed by atoms with E-state index < -0.39 is 0 Å². The molecule has 2 heterocycles. The number of rotatable bonds is 0. The molecule has 104 valence electrons. The van der Waals surface area contributed by atoms with Gasteiger partial charge in [-0.2, -0.15) is 9.98 Å². The Morgan fingerprint density at radius 1 is 0.750 bits per heavy atom. The molecule has 0 saturated carbocycles. The number of hydrogen-bond acceptors (Lipinski definition) is 4. The van der Waals surface area contributed by atoms with Crippen LogP contribution in [0.3, 0.4) is 0 Å². The van der Waals surface area contributed by atoms with E-state index in [4.69, 9.17) is 0 Å². The van der Waals surface area contributed by atoms with Crippen molar-refractivity contribution >= 4 is 17.4 Å². The van der Waals surface area contributed by atoms with Gasteiger partial charge in [0.2, 0.25) is 0 Å². The van der Waals surface area contributed by atoms with Crippen molar-refractivity contribution in [2.75, 3.05) is 6.67 Å². The quantitative estimate of drug-likeness (QED) is 0.705. The summed E-state index contributed by atoms with van der Waals surface area (Å²) in [5.74, 6) is 0. The third-order valence-electron chi connectivity index (χ3n) is 3.68. The van der Waals surface area contributed by atoms with Crippen LogP contribution in [0.1, 0.15) is 52.7 Å². The Kier molecular flexibility index (Phi) is 2.55. The van der Waals surface area contributed by atoms with E-state index in [2.05, 4.69) is 67.5 Å². The number of fused-ring (bicyclic) bond motifs is 2. The summed E-state index contributed by atoms with van der Waals surface area (Å²) in [7, 11) is 0. The Balaban J connectivity index is 2.54. The van der Waals surface area contributed by atoms with Crippen LogP contribution < -0.4 is 10.7 Å². The van der Waals surface area contributed by atoms with Crippen LogP contribution in [0.2, 0.25) is 0 Å². The minimum absolute atomic E-state index is 0.0427. The second kappa shape index (κ2) is 3.86. The zero-order valence-electron chi connectivity index (χ0n) is 13.0. The average Bonchev–Trinajstić information content (AvgIpc) is 2.88. The molecule has 0 fully saturated rings. The van der Waals surface area contributed by atoms with Gasteiger partial charge in [-0.15, -0.1) is 0 Å². The van der Waals surface area contributed by atoms with E-state index in [1.807, 2.05) is 0 Å². The van der Waals surface area contributed by atoms with Gasteiger partial charge in [0.15, 0.2) is 0 Å². The highest BCUT2D eigenvalue weighted by Crippen LogP contribution is 2.43. The minimum Gasteiger partial charge on any atom is -0.259 e. The Morgan fingerprint density at radius 2 is 1.15 bits per heavy atom. The van der Waals surface area contributed by atoms with Crippen molar-refractivity contribution in [1.82, 2.24) is 0 Å². The summed E-state index contributed by atoms with van der Waals surface area (Å²) >= 11 is 0. The molecule has 0 amide bonds. The van der Waals surface area contributed by atoms with Crippen LogP contribution in [0.25, 0.3) is 0 Å². The van der Waals surface area contributed by atoms with Gasteiger partial charge in [-0.25, -0.2) is 0 Å². The van der Waals surface area contributed by atoms with Gasteiger partial charge in [0.1, 0.15) is 24.1 Å². The van der Waals surface area contributed by atoms with Crippen molar-refractivity contribution in [3.8, 4) is 0 Å². The fourth-order valence-corrected chi connectivity index (χ4v) is 2.95. The zero-order valence-corrected chi connectivity index (χ0v) is 13.0. The molecule has 0 aliphatic carbocycles. The number of aliphatic imine (C=N–C) groups is 2. The summed E-state index contributed by atoms with van der Waals surface area (Å²) in [6, 6.07) is 2.78. The summed E-state index contributed by atoms with van der Waals surface area (Å²) < 4.78 is 0. The van der Waals surface area contributed by atoms with Gasteiger partial charge < -0.3 is 0 Å². The molecule has 4 nitrogen and oxygen atoms in total. The van der Waals surface area contributed by atoms with Crippen molar-refractivity contribution in [1.29, 1.82) is 0 Å². The highest BCUT2D eigenvalue weighted by atomic mass is 15.0. The van der Waals surface area contributed by atoms with Crippen LogP contribution in [0.15, 0.2) is 20.0 Å². The van der Waals surface area contributed by atoms with Gasteiger partial charge in [0.25, 0.3) is 0 Å². The maximum absolute atomic E-state index is 4.62. The van der Waals surface area contributed by atoms with E-state index >= 15 is 0 Å². The first-order chi connectivity index (χ1) is 9.21. The maximum Gasteiger partial charge on any atom is 0.130 e. The highest BCUT2D eigenvalue weighted by Gasteiger charge is 2.32. The van der Waals surface area contributed by atoms with E-state index in [9.17, 15) is 0 Å². The predicted octanol–water partition coefficient (Wildman–Crippen LogP) is 2.94. The normalized spacial score (nSPS) is 15.9. The molecule has 0 unspecified atom stereocenters. The van der Waals surface area contributed by atoms with Gasteiger partial charge in [-0.3, -0.25) is 9.98 Å². The Bertz CT molecular complexity index is 717. The molecule has 0 radical (unpaired) electrons. The molecule has 2 aliphatic heterocycles. The SMILES string of the molecule is CC(C)(C)c1c2c(c(C(C)(C)C)c3c1=NCN=3)N=C=N2. The van der Waals surface area contributed by atoms with Gasteiger partial charge in [-0.1, -0.05) is 41.5 Å². The van der Waals surface area contributed by atoms with E-state index in [0.29, 0.717) is 6.67 Å². The molecule has 0 spiro atoms. The summed E-state index contributed by atoms with van der Waals surface area (Å²) in [4.78, 5) is 18.0. The summed E-state index contributed by atoms with van der Waals surface area (Å²) in [5, 5.41) is 2.01. The molecular weight excluding hydrogens is 248 g/mol. The molecule has 1 aromatic rings. The standard InChI is InChI=1S/C16H20N4/c1-15(2,3)9-11-13(19-7-17-11)10(16(4,5)6)14-12(9)18-8-20-14/h7H2,1-6H3. The minimum atomic E-state index is -0.0427. The van der Waals surface area contributed by atoms with Gasteiger partial charge in [0, 0.05) is 11.1 Å². The lowest BCUT2D eigenvalue weighted by Gasteiger charge is -2.26. The Morgan fingerprint density at radius 3 is 1.50 bits per heavy atom. The third-order valence-corrected chi connectivity index (χ3v) is 3.68. The van der Waals surface area contributed by atoms with Crippen LogP contribution in [0, 0.1) is 0 Å². The molecule has 0 bridgehead atoms. The monoisotopic (exact) mass is 268 g/mol. The number of nitrogens with zero attached hydrogens (tertiary/aromatic N) is 4. The highest BCUT2D eigenvalue weighted by molar-refractivity contribution is 5.81. The summed E-state index contributed by atoms with van der Waals surface area (Å²) in [6.45, 7) is 13.6. The molecule has 2 aliphatic rings. The smallest absolute Gasteiger partial charge is 0.130 e. The molecule has 0 N–H and O–H groups in total. The molecular formula is C16H20N4. The van der Waals surface area contributed by atoms with E-state index in [0.717, 1.165) is 33.2 Å². The first kappa shape index (κ1) is 13.2. The number of benzene rings is 1. The molecule has 3 rings (SSSR count). The third kappa shape index (κ3) is 1.75. The maximum atomic E-state index is 4.62. The second-order valence-corrected chi connectivity index (χ2v) is 7.43. The van der Waals surface area contributed by atoms with Gasteiger partial charge in [0.05, 0.1) is 10.7 Å². The molecule has 0 aromatic heterocycles. The lowest BCUT2D eigenvalue weighted by molar-refractivity contribution is 0.569. The topological polar surface area (TPSA) is 49.4 Å². The van der Waals surface area contributed by atoms with Crippen molar-refractivity contribution in [3.05, 3.63) is 21.8 Å². The lowest BCUT2D eigenvalue weighted by atomic mass is 9.79. The van der Waals surface area contributed by atoms with Crippen molar-refractivity contribution in [3.63, 3.8) is 0 Å². The molecule has 20 heavy (non-hydrogen) atoms. The first-order valence-corrected chi connectivity index (χ1v) is 6.97. The van der Waals surface area contributed by atoms with Crippen LogP contribution in [-0.4, -0.2) is 12.7 Å². The second-order valence-electron chi connectivity index (χ2n) is 7.43. The molecule has 1 aromatic carbocycles. The zero-order chi connectivity index (χ0) is 14.7. The van der Waals surface area contributed by atoms with Gasteiger partial charge >= 0.3 is 0 Å². The molecule has 0 saturated heterocycles. The van der Waals surface area contributed by atoms with Crippen LogP contribution in [0.5, 0.6) is 0 Å². The van der Waals surface area contributed by atoms with Crippen molar-refractivity contribution < 1.29 is 0 Å². The largest absolute Gasteiger partial charge is 0.259 e. The average molecular weight is 268 g/mol. The first-order valence-electron chi connectivity index (χ1n) is 6.97. The van der Waals surface area contributed by atoms with E-state index in [1.165, 1.54) is 0 Å². The van der Waals surface area contributed by atoms with Gasteiger partial charge in [-0.05, 0) is 10.8 Å². The number of hydrogen-bond donors (Lipinski definition) is 0. The van der Waals surface area contributed by atoms with Crippen LogP contribution in [0.4, 0.5) is 11.4 Å². The molecule has 4 heteroatoms. The Labute approximate surface area is 119 Å². The molecule has 0 atom stereocenters. The van der Waals surface area contributed by atoms with E-state index in [1.54, 1.807) is 0 Å². The lowest BCUT2D eigenvalue weighted by Crippen LogP contribution is -2.38. The van der Waals surface area contributed by atoms with Crippen molar-refractivity contribution in [2.24, 2.45) is 20.0 Å². The van der Waals surface area contributed by atoms with Crippen LogP contribution >= 0.6 is 0 Å². The van der Waals surface area contributed by atoms with E-state index in [-0.39, 0.29) is 10.8 Å².